The van der Waals surface area contributed by atoms with E-state index in [0.29, 0.717) is 13.1 Å². The Balaban J connectivity index is 1.46. The maximum absolute atomic E-state index is 12.6. The topological polar surface area (TPSA) is 66.9 Å². The first kappa shape index (κ1) is 14.9. The Hall–Kier alpha value is -1.69. The molecular formula is C17H22N2O4. The van der Waals surface area contributed by atoms with Gasteiger partial charge in [-0.05, 0) is 32.1 Å². The number of amides is 3. The Kier molecular flexibility index (Phi) is 3.34. The molecule has 2 saturated heterocycles. The number of nitrogens with zero attached hydrogens (tertiary/aromatic N) is 2. The van der Waals surface area contributed by atoms with E-state index >= 15 is 0 Å². The number of imide groups is 1. The summed E-state index contributed by atoms with van der Waals surface area (Å²) in [5.41, 5.74) is 0. The maximum Gasteiger partial charge on any atom is 0.242 e. The molecular weight excluding hydrogens is 296 g/mol. The molecule has 0 aromatic rings. The smallest absolute Gasteiger partial charge is 0.242 e. The van der Waals surface area contributed by atoms with Crippen molar-refractivity contribution >= 4 is 17.7 Å². The first-order chi connectivity index (χ1) is 11.0. The molecule has 0 aromatic heterocycles. The monoisotopic (exact) mass is 318 g/mol. The molecule has 0 aromatic carbocycles. The zero-order valence-corrected chi connectivity index (χ0v) is 13.5. The molecule has 0 spiro atoms. The van der Waals surface area contributed by atoms with Gasteiger partial charge in [-0.3, -0.25) is 19.3 Å². The summed E-state index contributed by atoms with van der Waals surface area (Å²) in [5.74, 6) is -0.552. The van der Waals surface area contributed by atoms with Crippen LogP contribution in [-0.4, -0.2) is 59.4 Å². The van der Waals surface area contributed by atoms with Gasteiger partial charge in [0.25, 0.3) is 0 Å². The molecule has 23 heavy (non-hydrogen) atoms. The number of rotatable bonds is 2. The standard InChI is InChI=1S/C17H22N2O4/c1-9-6-18(7-10(2)23-9)13(20)8-19-16(21)14-11-3-4-12(5-11)15(14)17(19)22/h3-4,9-12,14-15H,5-8H2,1-2H3. The van der Waals surface area contributed by atoms with Crippen molar-refractivity contribution in [3.8, 4) is 0 Å². The average molecular weight is 318 g/mol. The lowest BCUT2D eigenvalue weighted by atomic mass is 9.85. The number of hydrogen-bond acceptors (Lipinski definition) is 4. The Morgan fingerprint density at radius 1 is 1.09 bits per heavy atom. The van der Waals surface area contributed by atoms with Gasteiger partial charge < -0.3 is 9.64 Å². The normalized spacial score (nSPS) is 41.8. The molecule has 4 aliphatic rings. The van der Waals surface area contributed by atoms with Crippen LogP contribution in [0.15, 0.2) is 12.2 Å². The van der Waals surface area contributed by atoms with Gasteiger partial charge in [-0.15, -0.1) is 0 Å². The van der Waals surface area contributed by atoms with E-state index in [0.717, 1.165) is 6.42 Å². The molecule has 0 N–H and O–H groups in total. The molecule has 6 atom stereocenters. The largest absolute Gasteiger partial charge is 0.372 e. The fraction of sp³-hybridized carbons (Fsp3) is 0.706. The highest BCUT2D eigenvalue weighted by atomic mass is 16.5. The molecule has 2 aliphatic heterocycles. The zero-order valence-electron chi connectivity index (χ0n) is 13.5. The van der Waals surface area contributed by atoms with Crippen LogP contribution in [0.1, 0.15) is 20.3 Å². The van der Waals surface area contributed by atoms with Crippen molar-refractivity contribution in [3.63, 3.8) is 0 Å². The summed E-state index contributed by atoms with van der Waals surface area (Å²) in [7, 11) is 0. The second-order valence-electron chi connectivity index (χ2n) is 7.32. The second kappa shape index (κ2) is 5.16. The van der Waals surface area contributed by atoms with Crippen molar-refractivity contribution in [3.05, 3.63) is 12.2 Å². The lowest BCUT2D eigenvalue weighted by Crippen LogP contribution is -2.52. The molecule has 2 bridgehead atoms. The van der Waals surface area contributed by atoms with Gasteiger partial charge in [-0.25, -0.2) is 0 Å². The summed E-state index contributed by atoms with van der Waals surface area (Å²) in [6.45, 7) is 4.76. The molecule has 3 amide bonds. The minimum Gasteiger partial charge on any atom is -0.372 e. The quantitative estimate of drug-likeness (QED) is 0.547. The van der Waals surface area contributed by atoms with E-state index in [-0.39, 0.29) is 60.1 Å². The van der Waals surface area contributed by atoms with Crippen LogP contribution in [0.5, 0.6) is 0 Å². The lowest BCUT2D eigenvalue weighted by molar-refractivity contribution is -0.152. The van der Waals surface area contributed by atoms with E-state index in [1.807, 2.05) is 13.8 Å². The number of allylic oxidation sites excluding steroid dienone is 2. The lowest BCUT2D eigenvalue weighted by Gasteiger charge is -2.36. The second-order valence-corrected chi connectivity index (χ2v) is 7.32. The Labute approximate surface area is 135 Å². The van der Waals surface area contributed by atoms with Crippen LogP contribution in [0.25, 0.3) is 0 Å². The summed E-state index contributed by atoms with van der Waals surface area (Å²) in [4.78, 5) is 40.7. The molecule has 124 valence electrons. The number of likely N-dealkylation sites (tertiary alicyclic amines) is 1. The number of hydrogen-bond donors (Lipinski definition) is 0. The summed E-state index contributed by atoms with van der Waals surface area (Å²) >= 11 is 0. The van der Waals surface area contributed by atoms with Crippen molar-refractivity contribution < 1.29 is 19.1 Å². The first-order valence-corrected chi connectivity index (χ1v) is 8.42. The molecule has 3 fully saturated rings. The summed E-state index contributed by atoms with van der Waals surface area (Å²) in [5, 5.41) is 0. The van der Waals surface area contributed by atoms with Crippen molar-refractivity contribution in [2.45, 2.75) is 32.5 Å². The number of carbonyl (C=O) groups is 3. The SMILES string of the molecule is CC1CN(C(=O)CN2C(=O)C3C4C=CC(C4)C3C2=O)CC(C)O1. The summed E-state index contributed by atoms with van der Waals surface area (Å²) < 4.78 is 5.63. The third-order valence-electron chi connectivity index (χ3n) is 5.63. The number of fused-ring (bicyclic) bond motifs is 5. The molecule has 2 aliphatic carbocycles. The molecule has 6 unspecified atom stereocenters. The number of ether oxygens (including phenoxy) is 1. The van der Waals surface area contributed by atoms with E-state index in [9.17, 15) is 14.4 Å². The minimum atomic E-state index is -0.229. The average Bonchev–Trinajstić information content (AvgIpc) is 3.16. The van der Waals surface area contributed by atoms with Crippen LogP contribution in [0.3, 0.4) is 0 Å². The van der Waals surface area contributed by atoms with Gasteiger partial charge in [0.1, 0.15) is 6.54 Å². The molecule has 1 saturated carbocycles. The Morgan fingerprint density at radius 2 is 1.61 bits per heavy atom. The van der Waals surface area contributed by atoms with Crippen molar-refractivity contribution in [1.82, 2.24) is 9.80 Å². The molecule has 6 heteroatoms. The first-order valence-electron chi connectivity index (χ1n) is 8.42. The highest BCUT2D eigenvalue weighted by Gasteiger charge is 2.59. The van der Waals surface area contributed by atoms with E-state index in [4.69, 9.17) is 4.74 Å². The van der Waals surface area contributed by atoms with Crippen molar-refractivity contribution in [2.75, 3.05) is 19.6 Å². The third kappa shape index (κ3) is 2.23. The van der Waals surface area contributed by atoms with E-state index in [1.165, 1.54) is 4.90 Å². The number of morpholine rings is 1. The summed E-state index contributed by atoms with van der Waals surface area (Å²) in [6, 6.07) is 0. The van der Waals surface area contributed by atoms with Crippen LogP contribution in [-0.2, 0) is 19.1 Å². The van der Waals surface area contributed by atoms with Gasteiger partial charge in [-0.2, -0.15) is 0 Å². The van der Waals surface area contributed by atoms with Gasteiger partial charge in [0.05, 0.1) is 24.0 Å². The number of carbonyl (C=O) groups excluding carboxylic acids is 3. The predicted molar refractivity (Wildman–Crippen MR) is 81.0 cm³/mol. The van der Waals surface area contributed by atoms with Crippen LogP contribution < -0.4 is 0 Å². The van der Waals surface area contributed by atoms with Crippen LogP contribution in [0.2, 0.25) is 0 Å². The van der Waals surface area contributed by atoms with Gasteiger partial charge in [0.2, 0.25) is 17.7 Å². The molecule has 4 rings (SSSR count). The van der Waals surface area contributed by atoms with E-state index in [1.54, 1.807) is 4.90 Å². The Bertz CT molecular complexity index is 561. The molecule has 2 heterocycles. The zero-order chi connectivity index (χ0) is 16.3. The fourth-order valence-electron chi connectivity index (χ4n) is 4.74. The maximum atomic E-state index is 12.6. The van der Waals surface area contributed by atoms with Gasteiger partial charge in [0, 0.05) is 13.1 Å². The van der Waals surface area contributed by atoms with Gasteiger partial charge >= 0.3 is 0 Å². The van der Waals surface area contributed by atoms with Gasteiger partial charge in [-0.1, -0.05) is 12.2 Å². The summed E-state index contributed by atoms with van der Waals surface area (Å²) in [6.07, 6.45) is 4.99. The van der Waals surface area contributed by atoms with E-state index < -0.39 is 0 Å². The van der Waals surface area contributed by atoms with Crippen molar-refractivity contribution in [1.29, 1.82) is 0 Å². The van der Waals surface area contributed by atoms with Crippen LogP contribution in [0.4, 0.5) is 0 Å². The van der Waals surface area contributed by atoms with Crippen LogP contribution >= 0.6 is 0 Å². The highest BCUT2D eigenvalue weighted by Crippen LogP contribution is 2.52. The molecule has 0 radical (unpaired) electrons. The predicted octanol–water partition coefficient (Wildman–Crippen LogP) is 0.429. The molecule has 6 nitrogen and oxygen atoms in total. The van der Waals surface area contributed by atoms with Crippen molar-refractivity contribution in [2.24, 2.45) is 23.7 Å². The van der Waals surface area contributed by atoms with Crippen LogP contribution in [0, 0.1) is 23.7 Å². The highest BCUT2D eigenvalue weighted by molar-refractivity contribution is 6.08. The van der Waals surface area contributed by atoms with E-state index in [2.05, 4.69) is 12.2 Å². The fourth-order valence-corrected chi connectivity index (χ4v) is 4.74. The Morgan fingerprint density at radius 3 is 2.13 bits per heavy atom. The van der Waals surface area contributed by atoms with Gasteiger partial charge in [0.15, 0.2) is 0 Å². The minimum absolute atomic E-state index is 0.0212. The third-order valence-corrected chi connectivity index (χ3v) is 5.63.